The molecule has 4 nitrogen and oxygen atoms in total. The Labute approximate surface area is 124 Å². The quantitative estimate of drug-likeness (QED) is 0.828. The number of para-hydroxylation sites is 1. The molecular weight excluding hydrogens is 301 g/mol. The molecule has 8 heteroatoms. The van der Waals surface area contributed by atoms with Crippen molar-refractivity contribution in [2.45, 2.75) is 12.6 Å². The van der Waals surface area contributed by atoms with Gasteiger partial charge in [0.15, 0.2) is 0 Å². The Bertz CT molecular complexity index is 556. The Balaban J connectivity index is 1.74. The number of aromatic nitrogens is 2. The fourth-order valence-electron chi connectivity index (χ4n) is 1.73. The van der Waals surface area contributed by atoms with Crippen LogP contribution in [0.1, 0.15) is 11.4 Å². The van der Waals surface area contributed by atoms with Gasteiger partial charge in [-0.15, -0.1) is 10.2 Å². The maximum Gasteiger partial charge on any atom is 0.445 e. The van der Waals surface area contributed by atoms with Crippen LogP contribution in [0.25, 0.3) is 0 Å². The van der Waals surface area contributed by atoms with Crippen molar-refractivity contribution in [3.63, 3.8) is 0 Å². The van der Waals surface area contributed by atoms with Gasteiger partial charge in [-0.05, 0) is 18.6 Å². The lowest BCUT2D eigenvalue weighted by Crippen LogP contribution is -2.20. The molecule has 1 aromatic heterocycles. The summed E-state index contributed by atoms with van der Waals surface area (Å²) in [6.07, 6.45) is -3.64. The molecule has 0 bridgehead atoms. The molecule has 0 unspecified atom stereocenters. The van der Waals surface area contributed by atoms with Crippen LogP contribution in [0, 0.1) is 0 Å². The van der Waals surface area contributed by atoms with Crippen LogP contribution in [0.4, 0.5) is 24.0 Å². The van der Waals surface area contributed by atoms with Crippen LogP contribution in [0.15, 0.2) is 30.3 Å². The summed E-state index contributed by atoms with van der Waals surface area (Å²) in [6.45, 7) is 1.34. The molecule has 0 amide bonds. The summed E-state index contributed by atoms with van der Waals surface area (Å²) in [5.41, 5.74) is 1.10. The number of halogens is 3. The predicted molar refractivity (Wildman–Crippen MR) is 77.7 cm³/mol. The van der Waals surface area contributed by atoms with E-state index in [0.717, 1.165) is 18.7 Å². The van der Waals surface area contributed by atoms with Gasteiger partial charge in [0.25, 0.3) is 0 Å². The molecule has 1 aromatic carbocycles. The summed E-state index contributed by atoms with van der Waals surface area (Å²) in [7, 11) is 1.97. The van der Waals surface area contributed by atoms with Crippen LogP contribution >= 0.6 is 11.3 Å². The highest BCUT2D eigenvalue weighted by Crippen LogP contribution is 2.32. The van der Waals surface area contributed by atoms with Gasteiger partial charge in [-0.25, -0.2) is 0 Å². The molecule has 21 heavy (non-hydrogen) atoms. The van der Waals surface area contributed by atoms with E-state index in [4.69, 9.17) is 0 Å². The van der Waals surface area contributed by atoms with Crippen molar-refractivity contribution in [2.24, 2.45) is 0 Å². The van der Waals surface area contributed by atoms with Crippen LogP contribution in [-0.2, 0) is 6.18 Å². The van der Waals surface area contributed by atoms with Crippen molar-refractivity contribution in [3.05, 3.63) is 35.3 Å². The van der Waals surface area contributed by atoms with Gasteiger partial charge in [0.1, 0.15) is 0 Å². The molecule has 2 aromatic rings. The number of anilines is 2. The van der Waals surface area contributed by atoms with Crippen LogP contribution in [0.5, 0.6) is 0 Å². The molecule has 0 radical (unpaired) electrons. The zero-order chi connectivity index (χ0) is 15.3. The first-order valence-electron chi connectivity index (χ1n) is 6.37. The van der Waals surface area contributed by atoms with Crippen molar-refractivity contribution in [1.29, 1.82) is 0 Å². The highest BCUT2D eigenvalue weighted by molar-refractivity contribution is 7.15. The number of alkyl halides is 3. The van der Waals surface area contributed by atoms with Gasteiger partial charge in [-0.3, -0.25) is 0 Å². The van der Waals surface area contributed by atoms with Gasteiger partial charge in [0.05, 0.1) is 0 Å². The average Bonchev–Trinajstić information content (AvgIpc) is 2.93. The summed E-state index contributed by atoms with van der Waals surface area (Å²) in [6, 6.07) is 9.89. The standard InChI is InChI=1S/C13H15F3N4S/c1-20(10-6-3-2-4-7-10)9-5-8-17-12-19-18-11(21-12)13(14,15)16/h2-4,6-7H,5,8-9H2,1H3,(H,17,19). The largest absolute Gasteiger partial charge is 0.445 e. The fraction of sp³-hybridized carbons (Fsp3) is 0.385. The minimum atomic E-state index is -4.43. The molecule has 0 aliphatic carbocycles. The Morgan fingerprint density at radius 2 is 1.90 bits per heavy atom. The predicted octanol–water partition coefficient (Wildman–Crippen LogP) is 3.50. The SMILES string of the molecule is CN(CCCNc1nnc(C(F)(F)F)s1)c1ccccc1. The first-order valence-corrected chi connectivity index (χ1v) is 7.19. The Hall–Kier alpha value is -1.83. The second kappa shape index (κ2) is 6.75. The topological polar surface area (TPSA) is 41.0 Å². The molecule has 0 saturated heterocycles. The van der Waals surface area contributed by atoms with Crippen molar-refractivity contribution < 1.29 is 13.2 Å². The number of nitrogens with one attached hydrogen (secondary N) is 1. The van der Waals surface area contributed by atoms with Gasteiger partial charge < -0.3 is 10.2 Å². The Kier molecular flexibility index (Phi) is 5.00. The highest BCUT2D eigenvalue weighted by Gasteiger charge is 2.35. The van der Waals surface area contributed by atoms with Crippen LogP contribution in [0.3, 0.4) is 0 Å². The van der Waals surface area contributed by atoms with E-state index < -0.39 is 11.2 Å². The van der Waals surface area contributed by atoms with Crippen molar-refractivity contribution in [2.75, 3.05) is 30.4 Å². The molecule has 0 aliphatic rings. The molecule has 0 spiro atoms. The van der Waals surface area contributed by atoms with Gasteiger partial charge in [0.2, 0.25) is 10.1 Å². The molecule has 0 fully saturated rings. The van der Waals surface area contributed by atoms with E-state index in [9.17, 15) is 13.2 Å². The number of rotatable bonds is 6. The molecule has 1 heterocycles. The Morgan fingerprint density at radius 3 is 2.52 bits per heavy atom. The normalized spacial score (nSPS) is 11.4. The Morgan fingerprint density at radius 1 is 1.19 bits per heavy atom. The lowest BCUT2D eigenvalue weighted by atomic mass is 10.3. The maximum absolute atomic E-state index is 12.4. The van der Waals surface area contributed by atoms with Crippen molar-refractivity contribution >= 4 is 22.2 Å². The monoisotopic (exact) mass is 316 g/mol. The molecule has 0 aliphatic heterocycles. The molecular formula is C13H15F3N4S. The smallest absolute Gasteiger partial charge is 0.375 e. The van der Waals surface area contributed by atoms with E-state index in [1.54, 1.807) is 0 Å². The molecule has 0 saturated carbocycles. The van der Waals surface area contributed by atoms with Gasteiger partial charge in [0, 0.05) is 25.8 Å². The lowest BCUT2D eigenvalue weighted by Gasteiger charge is -2.18. The minimum Gasteiger partial charge on any atom is -0.375 e. The van der Waals surface area contributed by atoms with E-state index in [1.807, 2.05) is 37.4 Å². The molecule has 1 N–H and O–H groups in total. The molecule has 2 rings (SSSR count). The highest BCUT2D eigenvalue weighted by atomic mass is 32.1. The third-order valence-corrected chi connectivity index (χ3v) is 3.74. The second-order valence-corrected chi connectivity index (χ2v) is 5.43. The first-order chi connectivity index (χ1) is 9.97. The van der Waals surface area contributed by atoms with Crippen LogP contribution in [0.2, 0.25) is 0 Å². The zero-order valence-electron chi connectivity index (χ0n) is 11.4. The van der Waals surface area contributed by atoms with Gasteiger partial charge >= 0.3 is 6.18 Å². The summed E-state index contributed by atoms with van der Waals surface area (Å²) < 4.78 is 37.1. The summed E-state index contributed by atoms with van der Waals surface area (Å²) in [5.74, 6) is 0. The number of hydrogen-bond donors (Lipinski definition) is 1. The summed E-state index contributed by atoms with van der Waals surface area (Å²) in [4.78, 5) is 2.09. The third-order valence-electron chi connectivity index (χ3n) is 2.81. The van der Waals surface area contributed by atoms with E-state index in [-0.39, 0.29) is 5.13 Å². The zero-order valence-corrected chi connectivity index (χ0v) is 12.2. The van der Waals surface area contributed by atoms with E-state index >= 15 is 0 Å². The van der Waals surface area contributed by atoms with Crippen molar-refractivity contribution in [1.82, 2.24) is 10.2 Å². The molecule has 0 atom stereocenters. The number of benzene rings is 1. The van der Waals surface area contributed by atoms with Gasteiger partial charge in [-0.1, -0.05) is 29.5 Å². The lowest BCUT2D eigenvalue weighted by molar-refractivity contribution is -0.138. The minimum absolute atomic E-state index is 0.199. The second-order valence-electron chi connectivity index (χ2n) is 4.45. The molecule has 114 valence electrons. The average molecular weight is 316 g/mol. The number of hydrogen-bond acceptors (Lipinski definition) is 5. The van der Waals surface area contributed by atoms with E-state index in [2.05, 4.69) is 20.4 Å². The van der Waals surface area contributed by atoms with Gasteiger partial charge in [-0.2, -0.15) is 13.2 Å². The third kappa shape index (κ3) is 4.59. The maximum atomic E-state index is 12.4. The summed E-state index contributed by atoms with van der Waals surface area (Å²) >= 11 is 0.523. The first kappa shape index (κ1) is 15.6. The fourth-order valence-corrected chi connectivity index (χ4v) is 2.37. The van der Waals surface area contributed by atoms with E-state index in [0.29, 0.717) is 17.9 Å². The van der Waals surface area contributed by atoms with E-state index in [1.165, 1.54) is 0 Å². The van der Waals surface area contributed by atoms with Crippen molar-refractivity contribution in [3.8, 4) is 0 Å². The summed E-state index contributed by atoms with van der Waals surface area (Å²) in [5, 5.41) is 8.74. The van der Waals surface area contributed by atoms with Crippen LogP contribution in [-0.4, -0.2) is 30.3 Å². The van der Waals surface area contributed by atoms with Crippen LogP contribution < -0.4 is 10.2 Å². The number of nitrogens with zero attached hydrogens (tertiary/aromatic N) is 3.